The molecule has 1 aromatic heterocycles. The van der Waals surface area contributed by atoms with E-state index in [2.05, 4.69) is 15.5 Å². The van der Waals surface area contributed by atoms with Crippen LogP contribution in [0.5, 0.6) is 5.75 Å². The molecule has 0 aliphatic carbocycles. The molecule has 0 spiro atoms. The fraction of sp³-hybridized carbons (Fsp3) is 0.222. The molecular weight excluding hydrogens is 339 g/mol. The zero-order valence-electron chi connectivity index (χ0n) is 13.9. The van der Waals surface area contributed by atoms with E-state index >= 15 is 0 Å². The van der Waals surface area contributed by atoms with Gasteiger partial charge in [0.1, 0.15) is 25.3 Å². The zero-order valence-corrected chi connectivity index (χ0v) is 13.9. The average Bonchev–Trinajstić information content (AvgIpc) is 3.18. The van der Waals surface area contributed by atoms with Crippen molar-refractivity contribution in [2.45, 2.75) is 19.3 Å². The van der Waals surface area contributed by atoms with Gasteiger partial charge >= 0.3 is 5.97 Å². The number of benzene rings is 2. The summed E-state index contributed by atoms with van der Waals surface area (Å²) < 4.78 is 25.7. The number of halogens is 1. The van der Waals surface area contributed by atoms with E-state index in [9.17, 15) is 9.18 Å². The molecule has 0 saturated carbocycles. The van der Waals surface area contributed by atoms with Crippen molar-refractivity contribution in [2.24, 2.45) is 0 Å². The number of hydrogen-bond acceptors (Lipinski definition) is 6. The third-order valence-corrected chi connectivity index (χ3v) is 3.51. The Hall–Kier alpha value is -3.29. The van der Waals surface area contributed by atoms with Crippen LogP contribution in [-0.2, 0) is 17.9 Å². The molecule has 3 aromatic rings. The molecule has 1 atom stereocenters. The highest BCUT2D eigenvalue weighted by molar-refractivity contribution is 5.89. The number of ether oxygens (including phenoxy) is 2. The monoisotopic (exact) mass is 356 g/mol. The lowest BCUT2D eigenvalue weighted by atomic mass is 10.2. The molecular formula is C18H17FN4O3. The first-order chi connectivity index (χ1) is 12.7. The van der Waals surface area contributed by atoms with E-state index in [1.807, 2.05) is 30.3 Å². The van der Waals surface area contributed by atoms with Gasteiger partial charge in [-0.15, -0.1) is 5.10 Å². The fourth-order valence-electron chi connectivity index (χ4n) is 2.20. The number of nitrogens with zero attached hydrogens (tertiary/aromatic N) is 4. The second kappa shape index (κ2) is 8.70. The Morgan fingerprint density at radius 1 is 1.12 bits per heavy atom. The fourth-order valence-corrected chi connectivity index (χ4v) is 2.20. The predicted octanol–water partition coefficient (Wildman–Crippen LogP) is 2.45. The smallest absolute Gasteiger partial charge is 0.338 e. The maximum absolute atomic E-state index is 13.8. The minimum absolute atomic E-state index is 0.0108. The van der Waals surface area contributed by atoms with Crippen LogP contribution < -0.4 is 4.74 Å². The highest BCUT2D eigenvalue weighted by atomic mass is 19.1. The number of tetrazole rings is 1. The van der Waals surface area contributed by atoms with Gasteiger partial charge in [-0.2, -0.15) is 0 Å². The zero-order chi connectivity index (χ0) is 18.2. The molecule has 0 aliphatic heterocycles. The van der Waals surface area contributed by atoms with Gasteiger partial charge in [-0.25, -0.2) is 13.9 Å². The van der Waals surface area contributed by atoms with Gasteiger partial charge in [0.2, 0.25) is 0 Å². The molecule has 26 heavy (non-hydrogen) atoms. The lowest BCUT2D eigenvalue weighted by molar-refractivity contribution is 0.0472. The summed E-state index contributed by atoms with van der Waals surface area (Å²) in [5.41, 5.74) is 1.32. The van der Waals surface area contributed by atoms with Gasteiger partial charge < -0.3 is 9.47 Å². The Labute approximate surface area is 149 Å². The number of alkyl halides is 1. The Bertz CT molecular complexity index is 810. The summed E-state index contributed by atoms with van der Waals surface area (Å²) in [6.45, 7) is 0.0765. The SMILES string of the molecule is O=C(OCc1ccccc1)c1ccc(OCC(F)Cn2cnnn2)cc1. The first kappa shape index (κ1) is 17.5. The normalized spacial score (nSPS) is 11.7. The van der Waals surface area contributed by atoms with Crippen molar-refractivity contribution in [3.05, 3.63) is 72.1 Å². The molecule has 0 fully saturated rings. The van der Waals surface area contributed by atoms with Gasteiger partial charge in [0.25, 0.3) is 0 Å². The number of rotatable bonds is 8. The quantitative estimate of drug-likeness (QED) is 0.577. The third-order valence-electron chi connectivity index (χ3n) is 3.51. The number of esters is 1. The van der Waals surface area contributed by atoms with E-state index < -0.39 is 12.1 Å². The lowest BCUT2D eigenvalue weighted by Crippen LogP contribution is -2.20. The molecule has 2 aromatic carbocycles. The van der Waals surface area contributed by atoms with E-state index in [1.165, 1.54) is 11.0 Å². The van der Waals surface area contributed by atoms with Crippen LogP contribution >= 0.6 is 0 Å². The molecule has 0 radical (unpaired) electrons. The summed E-state index contributed by atoms with van der Waals surface area (Å²) in [6, 6.07) is 15.8. The Morgan fingerprint density at radius 2 is 1.88 bits per heavy atom. The largest absolute Gasteiger partial charge is 0.490 e. The van der Waals surface area contributed by atoms with E-state index in [0.717, 1.165) is 5.56 Å². The van der Waals surface area contributed by atoms with Crippen LogP contribution in [0.1, 0.15) is 15.9 Å². The summed E-state index contributed by atoms with van der Waals surface area (Å²) in [5, 5.41) is 10.5. The highest BCUT2D eigenvalue weighted by Crippen LogP contribution is 2.14. The second-order valence-electron chi connectivity index (χ2n) is 5.53. The van der Waals surface area contributed by atoms with Gasteiger partial charge in [0.15, 0.2) is 6.17 Å². The van der Waals surface area contributed by atoms with Crippen LogP contribution in [0.2, 0.25) is 0 Å². The molecule has 0 aliphatic rings. The molecule has 0 saturated heterocycles. The first-order valence-corrected chi connectivity index (χ1v) is 7.99. The molecule has 0 N–H and O–H groups in total. The van der Waals surface area contributed by atoms with Crippen molar-refractivity contribution < 1.29 is 18.7 Å². The maximum atomic E-state index is 13.8. The Morgan fingerprint density at radius 3 is 2.58 bits per heavy atom. The van der Waals surface area contributed by atoms with Gasteiger partial charge in [-0.1, -0.05) is 30.3 Å². The van der Waals surface area contributed by atoms with Crippen LogP contribution in [0.4, 0.5) is 4.39 Å². The van der Waals surface area contributed by atoms with Crippen LogP contribution in [0.3, 0.4) is 0 Å². The molecule has 0 bridgehead atoms. The summed E-state index contributed by atoms with van der Waals surface area (Å²) >= 11 is 0. The maximum Gasteiger partial charge on any atom is 0.338 e. The van der Waals surface area contributed by atoms with Crippen LogP contribution in [0.25, 0.3) is 0 Å². The van der Waals surface area contributed by atoms with E-state index in [0.29, 0.717) is 11.3 Å². The Balaban J connectivity index is 1.46. The summed E-state index contributed by atoms with van der Waals surface area (Å²) in [7, 11) is 0. The number of carbonyl (C=O) groups excluding carboxylic acids is 1. The molecule has 1 unspecified atom stereocenters. The van der Waals surface area contributed by atoms with Crippen molar-refractivity contribution in [3.63, 3.8) is 0 Å². The van der Waals surface area contributed by atoms with E-state index in [1.54, 1.807) is 24.3 Å². The van der Waals surface area contributed by atoms with Gasteiger partial charge in [0.05, 0.1) is 12.1 Å². The van der Waals surface area contributed by atoms with Gasteiger partial charge in [0, 0.05) is 0 Å². The van der Waals surface area contributed by atoms with Crippen molar-refractivity contribution in [1.29, 1.82) is 0 Å². The molecule has 0 amide bonds. The summed E-state index contributed by atoms with van der Waals surface area (Å²) in [6.07, 6.45) is 0.0802. The van der Waals surface area contributed by atoms with Crippen molar-refractivity contribution in [2.75, 3.05) is 6.61 Å². The number of aromatic nitrogens is 4. The van der Waals surface area contributed by atoms with Gasteiger partial charge in [-0.3, -0.25) is 0 Å². The second-order valence-corrected chi connectivity index (χ2v) is 5.53. The predicted molar refractivity (Wildman–Crippen MR) is 90.2 cm³/mol. The topological polar surface area (TPSA) is 79.1 Å². The number of carbonyl (C=O) groups is 1. The highest BCUT2D eigenvalue weighted by Gasteiger charge is 2.11. The first-order valence-electron chi connectivity index (χ1n) is 7.99. The summed E-state index contributed by atoms with van der Waals surface area (Å²) in [5.74, 6) is 0.0337. The molecule has 1 heterocycles. The van der Waals surface area contributed by atoms with Crippen molar-refractivity contribution in [1.82, 2.24) is 20.2 Å². The Kier molecular flexibility index (Phi) is 5.87. The number of hydrogen-bond donors (Lipinski definition) is 0. The summed E-state index contributed by atoms with van der Waals surface area (Å²) in [4.78, 5) is 12.0. The minimum atomic E-state index is -1.26. The third kappa shape index (κ3) is 5.10. The van der Waals surface area contributed by atoms with Crippen LogP contribution in [-0.4, -0.2) is 39.0 Å². The van der Waals surface area contributed by atoms with Crippen molar-refractivity contribution >= 4 is 5.97 Å². The van der Waals surface area contributed by atoms with E-state index in [4.69, 9.17) is 9.47 Å². The minimum Gasteiger partial charge on any atom is -0.490 e. The van der Waals surface area contributed by atoms with Crippen LogP contribution in [0.15, 0.2) is 60.9 Å². The molecule has 7 nitrogen and oxygen atoms in total. The van der Waals surface area contributed by atoms with E-state index in [-0.39, 0.29) is 19.8 Å². The standard InChI is InChI=1S/C18H17FN4O3/c19-16(10-23-13-20-21-22-23)12-25-17-8-6-15(7-9-17)18(24)26-11-14-4-2-1-3-5-14/h1-9,13,16H,10-12H2. The molecule has 8 heteroatoms. The van der Waals surface area contributed by atoms with Crippen LogP contribution in [0, 0.1) is 0 Å². The van der Waals surface area contributed by atoms with Crippen molar-refractivity contribution in [3.8, 4) is 5.75 Å². The molecule has 134 valence electrons. The average molecular weight is 356 g/mol. The lowest BCUT2D eigenvalue weighted by Gasteiger charge is -2.10. The van der Waals surface area contributed by atoms with Gasteiger partial charge in [-0.05, 0) is 40.3 Å². The molecule has 3 rings (SSSR count).